The van der Waals surface area contributed by atoms with Crippen molar-refractivity contribution in [3.05, 3.63) is 65.5 Å². The maximum absolute atomic E-state index is 12.7. The Kier molecular flexibility index (Phi) is 6.49. The van der Waals surface area contributed by atoms with Gasteiger partial charge in [-0.05, 0) is 36.8 Å². The summed E-state index contributed by atoms with van der Waals surface area (Å²) in [6, 6.07) is 8.77. The normalized spacial score (nSPS) is 10.6. The molecular formula is C21H19F2N3O5. The van der Waals surface area contributed by atoms with Crippen molar-refractivity contribution in [3.63, 3.8) is 0 Å². The Morgan fingerprint density at radius 3 is 2.35 bits per heavy atom. The fourth-order valence-electron chi connectivity index (χ4n) is 2.80. The number of esters is 1. The molecule has 1 N–H and O–H groups in total. The Morgan fingerprint density at radius 1 is 1.10 bits per heavy atom. The summed E-state index contributed by atoms with van der Waals surface area (Å²) in [6.07, 6.45) is 3.54. The van der Waals surface area contributed by atoms with E-state index in [0.29, 0.717) is 0 Å². The first-order valence-corrected chi connectivity index (χ1v) is 9.00. The van der Waals surface area contributed by atoms with Crippen molar-refractivity contribution in [2.75, 3.05) is 19.5 Å². The lowest BCUT2D eigenvalue weighted by Crippen LogP contribution is -2.16. The lowest BCUT2D eigenvalue weighted by molar-refractivity contribution is -0.0511. The van der Waals surface area contributed by atoms with Gasteiger partial charge in [-0.1, -0.05) is 0 Å². The summed E-state index contributed by atoms with van der Waals surface area (Å²) in [6.45, 7) is -1.22. The molecule has 31 heavy (non-hydrogen) atoms. The summed E-state index contributed by atoms with van der Waals surface area (Å²) in [4.78, 5) is 24.8. The average Bonchev–Trinajstić information content (AvgIpc) is 3.19. The summed E-state index contributed by atoms with van der Waals surface area (Å²) < 4.78 is 41.3. The number of ether oxygens (including phenoxy) is 3. The SMILES string of the molecule is COC(=O)c1cc(OC)c(OC(F)F)cc1NC(=O)c1ccc(-n2cc(C)cn2)cc1. The zero-order valence-corrected chi connectivity index (χ0v) is 16.9. The topological polar surface area (TPSA) is 91.7 Å². The molecule has 162 valence electrons. The number of rotatable bonds is 7. The van der Waals surface area contributed by atoms with E-state index in [1.54, 1.807) is 35.1 Å². The van der Waals surface area contributed by atoms with Gasteiger partial charge in [0.1, 0.15) is 0 Å². The lowest BCUT2D eigenvalue weighted by atomic mass is 10.1. The Hall–Kier alpha value is -3.95. The monoisotopic (exact) mass is 431 g/mol. The van der Waals surface area contributed by atoms with Crippen molar-refractivity contribution in [1.29, 1.82) is 0 Å². The number of methoxy groups -OCH3 is 2. The molecular weight excluding hydrogens is 412 g/mol. The number of nitrogens with zero attached hydrogens (tertiary/aromatic N) is 2. The number of carbonyl (C=O) groups excluding carboxylic acids is 2. The molecule has 1 amide bonds. The van der Waals surface area contributed by atoms with Crippen LogP contribution in [0.3, 0.4) is 0 Å². The van der Waals surface area contributed by atoms with Crippen molar-refractivity contribution < 1.29 is 32.6 Å². The standard InChI is InChI=1S/C21H19F2N3O5/c1-12-10-24-26(11-12)14-6-4-13(5-7-14)19(27)25-16-9-18(31-21(22)23)17(29-2)8-15(16)20(28)30-3/h4-11,21H,1-3H3,(H,25,27). The van der Waals surface area contributed by atoms with Gasteiger partial charge in [0.2, 0.25) is 0 Å². The number of carbonyl (C=O) groups is 2. The number of amides is 1. The van der Waals surface area contributed by atoms with Gasteiger partial charge < -0.3 is 19.5 Å². The van der Waals surface area contributed by atoms with Crippen LogP contribution in [0.25, 0.3) is 5.69 Å². The van der Waals surface area contributed by atoms with E-state index >= 15 is 0 Å². The largest absolute Gasteiger partial charge is 0.493 e. The zero-order valence-electron chi connectivity index (χ0n) is 16.9. The molecule has 0 saturated carbocycles. The number of aromatic nitrogens is 2. The second-order valence-corrected chi connectivity index (χ2v) is 6.38. The van der Waals surface area contributed by atoms with E-state index in [4.69, 9.17) is 9.47 Å². The van der Waals surface area contributed by atoms with E-state index in [9.17, 15) is 18.4 Å². The fourth-order valence-corrected chi connectivity index (χ4v) is 2.80. The molecule has 1 aromatic heterocycles. The molecule has 0 atom stereocenters. The second-order valence-electron chi connectivity index (χ2n) is 6.38. The molecule has 8 nitrogen and oxygen atoms in total. The van der Waals surface area contributed by atoms with Gasteiger partial charge >= 0.3 is 12.6 Å². The number of halogens is 2. The minimum Gasteiger partial charge on any atom is -0.493 e. The molecule has 0 aliphatic heterocycles. The van der Waals surface area contributed by atoms with Gasteiger partial charge in [-0.3, -0.25) is 4.79 Å². The predicted octanol–water partition coefficient (Wildman–Crippen LogP) is 3.83. The number of hydrogen-bond donors (Lipinski definition) is 1. The third-order valence-electron chi connectivity index (χ3n) is 4.28. The van der Waals surface area contributed by atoms with Gasteiger partial charge in [0.15, 0.2) is 11.5 Å². The molecule has 0 spiro atoms. The van der Waals surface area contributed by atoms with Crippen molar-refractivity contribution in [2.24, 2.45) is 0 Å². The van der Waals surface area contributed by atoms with Gasteiger partial charge in [-0.15, -0.1) is 0 Å². The van der Waals surface area contributed by atoms with E-state index in [1.165, 1.54) is 7.11 Å². The van der Waals surface area contributed by atoms with Crippen molar-refractivity contribution in [3.8, 4) is 17.2 Å². The Bertz CT molecular complexity index is 1100. The third-order valence-corrected chi connectivity index (χ3v) is 4.28. The Morgan fingerprint density at radius 2 is 1.81 bits per heavy atom. The highest BCUT2D eigenvalue weighted by Gasteiger charge is 2.21. The number of nitrogens with one attached hydrogen (secondary N) is 1. The van der Waals surface area contributed by atoms with Crippen LogP contribution in [-0.2, 0) is 4.74 Å². The first kappa shape index (κ1) is 21.8. The smallest absolute Gasteiger partial charge is 0.387 e. The molecule has 0 aliphatic rings. The van der Waals surface area contributed by atoms with Crippen LogP contribution in [-0.4, -0.2) is 42.5 Å². The molecule has 0 saturated heterocycles. The van der Waals surface area contributed by atoms with Crippen LogP contribution in [0.15, 0.2) is 48.8 Å². The van der Waals surface area contributed by atoms with Crippen LogP contribution in [0.2, 0.25) is 0 Å². The van der Waals surface area contributed by atoms with E-state index in [1.807, 2.05) is 13.1 Å². The van der Waals surface area contributed by atoms with Crippen LogP contribution < -0.4 is 14.8 Å². The molecule has 0 radical (unpaired) electrons. The van der Waals surface area contributed by atoms with Crippen LogP contribution in [0.4, 0.5) is 14.5 Å². The number of anilines is 1. The molecule has 0 fully saturated rings. The summed E-state index contributed by atoms with van der Waals surface area (Å²) >= 11 is 0. The summed E-state index contributed by atoms with van der Waals surface area (Å²) in [5, 5.41) is 6.72. The summed E-state index contributed by atoms with van der Waals surface area (Å²) in [5.41, 5.74) is 1.85. The van der Waals surface area contributed by atoms with Crippen molar-refractivity contribution in [2.45, 2.75) is 13.5 Å². The quantitative estimate of drug-likeness (QED) is 0.572. The van der Waals surface area contributed by atoms with E-state index in [2.05, 4.69) is 15.2 Å². The fraction of sp³-hybridized carbons (Fsp3) is 0.190. The number of hydrogen-bond acceptors (Lipinski definition) is 6. The van der Waals surface area contributed by atoms with Gasteiger partial charge in [-0.25, -0.2) is 9.48 Å². The second kappa shape index (κ2) is 9.24. The molecule has 10 heteroatoms. The minimum atomic E-state index is -3.13. The number of alkyl halides is 2. The summed E-state index contributed by atoms with van der Waals surface area (Å²) in [7, 11) is 2.38. The predicted molar refractivity (Wildman–Crippen MR) is 107 cm³/mol. The first-order valence-electron chi connectivity index (χ1n) is 9.00. The lowest BCUT2D eigenvalue weighted by Gasteiger charge is -2.15. The van der Waals surface area contributed by atoms with Crippen LogP contribution in [0.5, 0.6) is 11.5 Å². The molecule has 0 bridgehead atoms. The first-order chi connectivity index (χ1) is 14.8. The van der Waals surface area contributed by atoms with Gasteiger partial charge in [0.05, 0.1) is 37.4 Å². The molecule has 3 rings (SSSR count). The highest BCUT2D eigenvalue weighted by molar-refractivity contribution is 6.08. The maximum Gasteiger partial charge on any atom is 0.387 e. The van der Waals surface area contributed by atoms with E-state index in [0.717, 1.165) is 30.5 Å². The van der Waals surface area contributed by atoms with Gasteiger partial charge in [0.25, 0.3) is 5.91 Å². The number of benzene rings is 2. The van der Waals surface area contributed by atoms with Crippen molar-refractivity contribution >= 4 is 17.6 Å². The maximum atomic E-state index is 12.7. The van der Waals surface area contributed by atoms with E-state index in [-0.39, 0.29) is 28.3 Å². The van der Waals surface area contributed by atoms with Crippen LogP contribution in [0, 0.1) is 6.92 Å². The molecule has 2 aromatic carbocycles. The van der Waals surface area contributed by atoms with Crippen LogP contribution >= 0.6 is 0 Å². The molecule has 0 unspecified atom stereocenters. The molecule has 1 heterocycles. The zero-order chi connectivity index (χ0) is 22.5. The van der Waals surface area contributed by atoms with Gasteiger partial charge in [-0.2, -0.15) is 13.9 Å². The van der Waals surface area contributed by atoms with Gasteiger partial charge in [0, 0.05) is 23.9 Å². The highest BCUT2D eigenvalue weighted by atomic mass is 19.3. The molecule has 0 aliphatic carbocycles. The Labute approximate surface area is 176 Å². The average molecular weight is 431 g/mol. The molecule has 3 aromatic rings. The minimum absolute atomic E-state index is 0.0694. The third kappa shape index (κ3) is 4.97. The highest BCUT2D eigenvalue weighted by Crippen LogP contribution is 2.35. The Balaban J connectivity index is 1.90. The van der Waals surface area contributed by atoms with E-state index < -0.39 is 18.5 Å². The number of aryl methyl sites for hydroxylation is 1. The van der Waals surface area contributed by atoms with Crippen LogP contribution in [0.1, 0.15) is 26.3 Å². The summed E-state index contributed by atoms with van der Waals surface area (Å²) in [5.74, 6) is -1.81. The van der Waals surface area contributed by atoms with Crippen molar-refractivity contribution in [1.82, 2.24) is 9.78 Å².